The van der Waals surface area contributed by atoms with E-state index in [-0.39, 0.29) is 12.2 Å². The SMILES string of the molecule is CCc1ccc2c(c1)O[C@H](C(F)(F)F)[C@H](C(=O)O)C2. The minimum Gasteiger partial charge on any atom is -0.481 e. The topological polar surface area (TPSA) is 46.5 Å². The quantitative estimate of drug-likeness (QED) is 0.902. The highest BCUT2D eigenvalue weighted by Crippen LogP contribution is 2.38. The summed E-state index contributed by atoms with van der Waals surface area (Å²) in [5, 5.41) is 8.92. The lowest BCUT2D eigenvalue weighted by Crippen LogP contribution is -2.47. The molecule has 1 N–H and O–H groups in total. The number of carbonyl (C=O) groups is 1. The van der Waals surface area contributed by atoms with Crippen LogP contribution >= 0.6 is 0 Å². The largest absolute Gasteiger partial charge is 0.481 e. The number of rotatable bonds is 2. The monoisotopic (exact) mass is 274 g/mol. The number of hydrogen-bond donors (Lipinski definition) is 1. The zero-order valence-electron chi connectivity index (χ0n) is 10.2. The number of halogens is 3. The molecule has 3 nitrogen and oxygen atoms in total. The van der Waals surface area contributed by atoms with Gasteiger partial charge in [0.05, 0.1) is 0 Å². The molecule has 0 bridgehead atoms. The van der Waals surface area contributed by atoms with Crippen molar-refractivity contribution in [3.63, 3.8) is 0 Å². The van der Waals surface area contributed by atoms with Crippen LogP contribution in [0.4, 0.5) is 13.2 Å². The summed E-state index contributed by atoms with van der Waals surface area (Å²) in [5.74, 6) is -2.95. The number of alkyl halides is 3. The van der Waals surface area contributed by atoms with Gasteiger partial charge < -0.3 is 9.84 Å². The minimum absolute atomic E-state index is 0.138. The van der Waals surface area contributed by atoms with Gasteiger partial charge in [-0.2, -0.15) is 13.2 Å². The Morgan fingerprint density at radius 2 is 2.16 bits per heavy atom. The van der Waals surface area contributed by atoms with Crippen LogP contribution in [0.2, 0.25) is 0 Å². The predicted octanol–water partition coefficient (Wildman–Crippen LogP) is 2.82. The first-order valence-corrected chi connectivity index (χ1v) is 5.91. The second-order valence-electron chi connectivity index (χ2n) is 4.52. The smallest absolute Gasteiger partial charge is 0.426 e. The number of aryl methyl sites for hydroxylation is 1. The normalized spacial score (nSPS) is 22.5. The molecule has 1 heterocycles. The Morgan fingerprint density at radius 1 is 1.47 bits per heavy atom. The lowest BCUT2D eigenvalue weighted by Gasteiger charge is -2.32. The second-order valence-corrected chi connectivity index (χ2v) is 4.52. The lowest BCUT2D eigenvalue weighted by molar-refractivity contribution is -0.217. The van der Waals surface area contributed by atoms with Crippen LogP contribution in [-0.4, -0.2) is 23.4 Å². The fraction of sp³-hybridized carbons (Fsp3) is 0.462. The number of aliphatic carboxylic acids is 1. The van der Waals surface area contributed by atoms with E-state index in [9.17, 15) is 18.0 Å². The number of fused-ring (bicyclic) bond motifs is 1. The van der Waals surface area contributed by atoms with Crippen LogP contribution in [0.1, 0.15) is 18.1 Å². The first-order chi connectivity index (χ1) is 8.82. The molecular weight excluding hydrogens is 261 g/mol. The average molecular weight is 274 g/mol. The third-order valence-electron chi connectivity index (χ3n) is 3.24. The highest BCUT2D eigenvalue weighted by Gasteiger charge is 2.52. The zero-order chi connectivity index (χ0) is 14.2. The molecule has 1 aromatic rings. The van der Waals surface area contributed by atoms with Gasteiger partial charge in [-0.05, 0) is 30.0 Å². The second kappa shape index (κ2) is 4.75. The van der Waals surface area contributed by atoms with Gasteiger partial charge in [-0.1, -0.05) is 19.1 Å². The van der Waals surface area contributed by atoms with Gasteiger partial charge in [-0.15, -0.1) is 0 Å². The Balaban J connectivity index is 2.39. The van der Waals surface area contributed by atoms with Gasteiger partial charge in [-0.25, -0.2) is 0 Å². The molecule has 0 amide bonds. The summed E-state index contributed by atoms with van der Waals surface area (Å²) in [7, 11) is 0. The highest BCUT2D eigenvalue weighted by molar-refractivity contribution is 5.72. The molecule has 0 saturated carbocycles. The summed E-state index contributed by atoms with van der Waals surface area (Å²) in [6, 6.07) is 4.96. The van der Waals surface area contributed by atoms with E-state index in [2.05, 4.69) is 0 Å². The van der Waals surface area contributed by atoms with Gasteiger partial charge in [0.25, 0.3) is 0 Å². The first-order valence-electron chi connectivity index (χ1n) is 5.91. The molecule has 0 unspecified atom stereocenters. The van der Waals surface area contributed by atoms with Crippen LogP contribution in [-0.2, 0) is 17.6 Å². The van der Waals surface area contributed by atoms with Crippen molar-refractivity contribution in [3.8, 4) is 5.75 Å². The van der Waals surface area contributed by atoms with Crippen molar-refractivity contribution < 1.29 is 27.8 Å². The van der Waals surface area contributed by atoms with Crippen molar-refractivity contribution in [2.24, 2.45) is 5.92 Å². The summed E-state index contributed by atoms with van der Waals surface area (Å²) in [6.45, 7) is 1.88. The molecule has 0 aliphatic carbocycles. The average Bonchev–Trinajstić information content (AvgIpc) is 2.35. The predicted molar refractivity (Wildman–Crippen MR) is 61.1 cm³/mol. The van der Waals surface area contributed by atoms with E-state index >= 15 is 0 Å². The van der Waals surface area contributed by atoms with Gasteiger partial charge in [-0.3, -0.25) is 4.79 Å². The Hall–Kier alpha value is -1.72. The summed E-state index contributed by atoms with van der Waals surface area (Å²) in [6.07, 6.45) is -6.47. The van der Waals surface area contributed by atoms with E-state index in [4.69, 9.17) is 9.84 Å². The Morgan fingerprint density at radius 3 is 2.68 bits per heavy atom. The standard InChI is InChI=1S/C13H13F3O3/c1-2-7-3-4-8-6-9(12(17)18)11(13(14,15)16)19-10(8)5-7/h3-5,9,11H,2,6H2,1H3,(H,17,18)/t9-,11+/m1/s1. The van der Waals surface area contributed by atoms with Crippen LogP contribution in [0, 0.1) is 5.92 Å². The molecule has 0 spiro atoms. The Kier molecular flexibility index (Phi) is 3.43. The number of ether oxygens (including phenoxy) is 1. The maximum absolute atomic E-state index is 12.8. The van der Waals surface area contributed by atoms with Crippen molar-refractivity contribution >= 4 is 5.97 Å². The molecule has 1 aliphatic rings. The van der Waals surface area contributed by atoms with Crippen molar-refractivity contribution in [3.05, 3.63) is 29.3 Å². The fourth-order valence-corrected chi connectivity index (χ4v) is 2.17. The first kappa shape index (κ1) is 13.7. The maximum Gasteiger partial charge on any atom is 0.426 e. The summed E-state index contributed by atoms with van der Waals surface area (Å²) >= 11 is 0. The van der Waals surface area contributed by atoms with Crippen molar-refractivity contribution in [1.29, 1.82) is 0 Å². The molecule has 0 aromatic heterocycles. The molecule has 1 aliphatic heterocycles. The van der Waals surface area contributed by atoms with Crippen LogP contribution in [0.25, 0.3) is 0 Å². The van der Waals surface area contributed by atoms with E-state index in [1.165, 1.54) is 0 Å². The minimum atomic E-state index is -4.69. The maximum atomic E-state index is 12.8. The number of hydrogen-bond acceptors (Lipinski definition) is 2. The molecule has 0 radical (unpaired) electrons. The summed E-state index contributed by atoms with van der Waals surface area (Å²) < 4.78 is 43.4. The molecule has 2 atom stereocenters. The highest BCUT2D eigenvalue weighted by atomic mass is 19.4. The van der Waals surface area contributed by atoms with Gasteiger partial charge in [0, 0.05) is 0 Å². The molecular formula is C13H13F3O3. The third kappa shape index (κ3) is 2.67. The molecule has 2 rings (SSSR count). The van der Waals surface area contributed by atoms with E-state index in [1.54, 1.807) is 18.2 Å². The van der Waals surface area contributed by atoms with Gasteiger partial charge in [0.15, 0.2) is 0 Å². The molecule has 104 valence electrons. The van der Waals surface area contributed by atoms with Crippen LogP contribution < -0.4 is 4.74 Å². The van der Waals surface area contributed by atoms with E-state index in [0.717, 1.165) is 5.56 Å². The van der Waals surface area contributed by atoms with Gasteiger partial charge in [0.2, 0.25) is 6.10 Å². The lowest BCUT2D eigenvalue weighted by atomic mass is 9.89. The number of carboxylic acids is 1. The zero-order valence-corrected chi connectivity index (χ0v) is 10.2. The van der Waals surface area contributed by atoms with E-state index in [1.807, 2.05) is 6.92 Å². The summed E-state index contributed by atoms with van der Waals surface area (Å²) in [5.41, 5.74) is 1.36. The molecule has 1 aromatic carbocycles. The van der Waals surface area contributed by atoms with Crippen molar-refractivity contribution in [2.45, 2.75) is 32.0 Å². The third-order valence-corrected chi connectivity index (χ3v) is 3.24. The molecule has 0 fully saturated rings. The Labute approximate surface area is 108 Å². The van der Waals surface area contributed by atoms with E-state index < -0.39 is 24.2 Å². The van der Waals surface area contributed by atoms with E-state index in [0.29, 0.717) is 12.0 Å². The van der Waals surface area contributed by atoms with Gasteiger partial charge in [0.1, 0.15) is 11.7 Å². The molecule has 6 heteroatoms. The van der Waals surface area contributed by atoms with Crippen LogP contribution in [0.5, 0.6) is 5.75 Å². The summed E-state index contributed by atoms with van der Waals surface area (Å²) in [4.78, 5) is 11.0. The molecule has 19 heavy (non-hydrogen) atoms. The van der Waals surface area contributed by atoms with Crippen LogP contribution in [0.15, 0.2) is 18.2 Å². The Bertz CT molecular complexity index is 496. The number of benzene rings is 1. The van der Waals surface area contributed by atoms with Gasteiger partial charge >= 0.3 is 12.1 Å². The number of carboxylic acid groups (broad SMARTS) is 1. The van der Waals surface area contributed by atoms with Crippen molar-refractivity contribution in [2.75, 3.05) is 0 Å². The van der Waals surface area contributed by atoms with Crippen molar-refractivity contribution in [1.82, 2.24) is 0 Å². The fourth-order valence-electron chi connectivity index (χ4n) is 2.17. The molecule has 0 saturated heterocycles. The van der Waals surface area contributed by atoms with Crippen LogP contribution in [0.3, 0.4) is 0 Å².